The van der Waals surface area contributed by atoms with Crippen LogP contribution in [-0.2, 0) is 12.5 Å². The lowest BCUT2D eigenvalue weighted by Crippen LogP contribution is -2.57. The van der Waals surface area contributed by atoms with Crippen molar-refractivity contribution in [1.82, 2.24) is 10.3 Å². The van der Waals surface area contributed by atoms with Gasteiger partial charge in [0.15, 0.2) is 5.69 Å². The largest absolute Gasteiger partial charge is 0.250 e. The van der Waals surface area contributed by atoms with Crippen molar-refractivity contribution < 1.29 is 13.5 Å². The minimum Gasteiger partial charge on any atom is -0.207 e. The second-order valence-electron chi connectivity index (χ2n) is 4.82. The van der Waals surface area contributed by atoms with Crippen LogP contribution in [0.4, 0.5) is 8.78 Å². The zero-order valence-corrected chi connectivity index (χ0v) is 9.22. The molecular formula is C10H16F2N3+. The van der Waals surface area contributed by atoms with Gasteiger partial charge >= 0.3 is 0 Å². The third kappa shape index (κ3) is 1.44. The van der Waals surface area contributed by atoms with Gasteiger partial charge in [-0.2, -0.15) is 4.68 Å². The highest BCUT2D eigenvalue weighted by molar-refractivity contribution is 5.19. The van der Waals surface area contributed by atoms with Crippen molar-refractivity contribution in [3.8, 4) is 0 Å². The van der Waals surface area contributed by atoms with Gasteiger partial charge in [-0.05, 0) is 5.92 Å². The maximum atomic E-state index is 13.1. The lowest BCUT2D eigenvalue weighted by atomic mass is 9.58. The van der Waals surface area contributed by atoms with Crippen molar-refractivity contribution in [1.29, 1.82) is 0 Å². The first-order valence-corrected chi connectivity index (χ1v) is 5.15. The van der Waals surface area contributed by atoms with Crippen LogP contribution < -0.4 is 4.68 Å². The van der Waals surface area contributed by atoms with E-state index in [4.69, 9.17) is 0 Å². The summed E-state index contributed by atoms with van der Waals surface area (Å²) in [5, 5.41) is 6.64. The van der Waals surface area contributed by atoms with E-state index in [0.29, 0.717) is 0 Å². The molecule has 0 aromatic carbocycles. The summed E-state index contributed by atoms with van der Waals surface area (Å²) in [6, 6.07) is 0. The summed E-state index contributed by atoms with van der Waals surface area (Å²) in [6.07, 6.45) is 1.53. The maximum absolute atomic E-state index is 13.1. The summed E-state index contributed by atoms with van der Waals surface area (Å²) >= 11 is 0. The van der Waals surface area contributed by atoms with Crippen molar-refractivity contribution >= 4 is 0 Å². The van der Waals surface area contributed by atoms with Gasteiger partial charge in [0.2, 0.25) is 12.1 Å². The number of nitrogens with zero attached hydrogens (tertiary/aromatic N) is 2. The van der Waals surface area contributed by atoms with Crippen molar-refractivity contribution in [2.24, 2.45) is 13.0 Å². The van der Waals surface area contributed by atoms with Crippen molar-refractivity contribution in [3.63, 3.8) is 0 Å². The summed E-state index contributed by atoms with van der Waals surface area (Å²) in [6.45, 7) is 3.98. The van der Waals surface area contributed by atoms with Crippen LogP contribution >= 0.6 is 0 Å². The number of rotatable bonds is 2. The summed E-state index contributed by atoms with van der Waals surface area (Å²) in [7, 11) is 1.81. The second kappa shape index (κ2) is 3.00. The fraction of sp³-hybridized carbons (Fsp3) is 0.800. The van der Waals surface area contributed by atoms with E-state index in [9.17, 15) is 8.78 Å². The monoisotopic (exact) mass is 216 g/mol. The number of aryl methyl sites for hydroxylation is 1. The first kappa shape index (κ1) is 10.5. The average molecular weight is 216 g/mol. The molecule has 0 spiro atoms. The van der Waals surface area contributed by atoms with E-state index < -0.39 is 11.3 Å². The number of hydrogen-bond acceptors (Lipinski definition) is 1. The highest BCUT2D eigenvalue weighted by Crippen LogP contribution is 2.56. The molecule has 15 heavy (non-hydrogen) atoms. The molecule has 0 atom stereocenters. The van der Waals surface area contributed by atoms with Crippen molar-refractivity contribution in [3.05, 3.63) is 11.9 Å². The second-order valence-corrected chi connectivity index (χ2v) is 4.82. The van der Waals surface area contributed by atoms with Crippen LogP contribution in [0.15, 0.2) is 6.20 Å². The Bertz CT molecular complexity index is 362. The lowest BCUT2D eigenvalue weighted by molar-refractivity contribution is -0.742. The zero-order valence-electron chi connectivity index (χ0n) is 9.22. The van der Waals surface area contributed by atoms with E-state index >= 15 is 0 Å². The standard InChI is InChI=1S/C10H15F2N3/c1-7(2)9(5-10(11,12)6-9)8-4-13-14-15(8)3/h4,7H,5-6H2,1-3H3/p+1. The lowest BCUT2D eigenvalue weighted by Gasteiger charge is -2.48. The predicted molar refractivity (Wildman–Crippen MR) is 50.5 cm³/mol. The molecule has 2 rings (SSSR count). The molecule has 0 radical (unpaired) electrons. The Kier molecular flexibility index (Phi) is 2.10. The topological polar surface area (TPSA) is 32.6 Å². The third-order valence-electron chi connectivity index (χ3n) is 3.52. The van der Waals surface area contributed by atoms with Crippen molar-refractivity contribution in [2.45, 2.75) is 38.0 Å². The molecular weight excluding hydrogens is 200 g/mol. The number of alkyl halides is 2. The van der Waals surface area contributed by atoms with E-state index in [-0.39, 0.29) is 18.8 Å². The molecule has 1 aliphatic carbocycles. The summed E-state index contributed by atoms with van der Waals surface area (Å²) in [5.74, 6) is -2.31. The Hall–Kier alpha value is -1.00. The molecule has 1 fully saturated rings. The van der Waals surface area contributed by atoms with Gasteiger partial charge in [0.1, 0.15) is 7.05 Å². The Morgan fingerprint density at radius 1 is 1.47 bits per heavy atom. The van der Waals surface area contributed by atoms with Crippen molar-refractivity contribution in [2.75, 3.05) is 0 Å². The molecule has 3 nitrogen and oxygen atoms in total. The number of aromatic nitrogens is 3. The van der Waals surface area contributed by atoms with Crippen LogP contribution in [0.1, 0.15) is 32.4 Å². The molecule has 0 aliphatic heterocycles. The van der Waals surface area contributed by atoms with Gasteiger partial charge in [0.25, 0.3) is 0 Å². The van der Waals surface area contributed by atoms with Crippen LogP contribution in [0.5, 0.6) is 0 Å². The zero-order chi connectivity index (χ0) is 11.3. The first-order valence-electron chi connectivity index (χ1n) is 5.15. The molecule has 84 valence electrons. The van der Waals surface area contributed by atoms with E-state index in [0.717, 1.165) is 5.69 Å². The number of nitrogens with one attached hydrogen (secondary N) is 1. The molecule has 0 unspecified atom stereocenters. The van der Waals surface area contributed by atoms with Gasteiger partial charge in [0.05, 0.1) is 5.41 Å². The quantitative estimate of drug-likeness (QED) is 0.747. The Morgan fingerprint density at radius 2 is 2.07 bits per heavy atom. The van der Waals surface area contributed by atoms with E-state index in [1.807, 2.05) is 20.9 Å². The number of aromatic amines is 1. The highest BCUT2D eigenvalue weighted by Gasteiger charge is 2.61. The SMILES string of the molecule is CC(C)C1(c2cn[nH][n+]2C)CC(F)(F)C1. The van der Waals surface area contributed by atoms with E-state index in [2.05, 4.69) is 10.3 Å². The van der Waals surface area contributed by atoms with Crippen LogP contribution in [0.25, 0.3) is 0 Å². The summed E-state index contributed by atoms with van der Waals surface area (Å²) < 4.78 is 27.9. The molecule has 1 N–H and O–H groups in total. The molecule has 0 amide bonds. The molecule has 0 bridgehead atoms. The molecule has 1 aliphatic rings. The molecule has 1 aromatic rings. The van der Waals surface area contributed by atoms with Crippen LogP contribution in [0.3, 0.4) is 0 Å². The normalized spacial score (nSPS) is 22.8. The first-order chi connectivity index (χ1) is 6.87. The van der Waals surface area contributed by atoms with Crippen LogP contribution in [-0.4, -0.2) is 16.2 Å². The highest BCUT2D eigenvalue weighted by atomic mass is 19.3. The molecule has 5 heteroatoms. The fourth-order valence-electron chi connectivity index (χ4n) is 2.54. The van der Waals surface area contributed by atoms with Gasteiger partial charge in [-0.25, -0.2) is 8.78 Å². The minimum absolute atomic E-state index is 0.0644. The van der Waals surface area contributed by atoms with Gasteiger partial charge in [0, 0.05) is 17.9 Å². The summed E-state index contributed by atoms with van der Waals surface area (Å²) in [4.78, 5) is 0. The van der Waals surface area contributed by atoms with Gasteiger partial charge < -0.3 is 0 Å². The third-order valence-corrected chi connectivity index (χ3v) is 3.52. The number of H-pyrrole nitrogens is 1. The molecule has 1 heterocycles. The molecule has 0 saturated heterocycles. The minimum atomic E-state index is -2.51. The van der Waals surface area contributed by atoms with Gasteiger partial charge in [-0.1, -0.05) is 19.1 Å². The average Bonchev–Trinajstić information content (AvgIpc) is 2.46. The van der Waals surface area contributed by atoms with E-state index in [1.54, 1.807) is 10.9 Å². The molecule has 1 aromatic heterocycles. The van der Waals surface area contributed by atoms with Gasteiger partial charge in [-0.15, -0.1) is 0 Å². The van der Waals surface area contributed by atoms with Gasteiger partial charge in [-0.3, -0.25) is 0 Å². The van der Waals surface area contributed by atoms with Crippen LogP contribution in [0.2, 0.25) is 0 Å². The number of halogens is 2. The summed E-state index contributed by atoms with van der Waals surface area (Å²) in [5.41, 5.74) is 0.467. The predicted octanol–water partition coefficient (Wildman–Crippen LogP) is 1.56. The van der Waals surface area contributed by atoms with E-state index in [1.165, 1.54) is 0 Å². The van der Waals surface area contributed by atoms with Crippen LogP contribution in [0, 0.1) is 5.92 Å². The smallest absolute Gasteiger partial charge is 0.207 e. The number of hydrogen-bond donors (Lipinski definition) is 1. The maximum Gasteiger partial charge on any atom is 0.250 e. The Labute approximate surface area is 87.5 Å². The Morgan fingerprint density at radius 3 is 2.40 bits per heavy atom. The fourth-order valence-corrected chi connectivity index (χ4v) is 2.54. The molecule has 1 saturated carbocycles. The Balaban J connectivity index is 2.35.